The molecule has 188 valence electrons. The Morgan fingerprint density at radius 1 is 0.944 bits per heavy atom. The van der Waals surface area contributed by atoms with Crippen LogP contribution in [0.2, 0.25) is 0 Å². The van der Waals surface area contributed by atoms with Crippen LogP contribution in [-0.2, 0) is 14.8 Å². The lowest BCUT2D eigenvalue weighted by Gasteiger charge is -2.26. The highest BCUT2D eigenvalue weighted by Gasteiger charge is 2.30. The van der Waals surface area contributed by atoms with E-state index in [1.54, 1.807) is 65.6 Å². The molecule has 0 radical (unpaired) electrons. The summed E-state index contributed by atoms with van der Waals surface area (Å²) in [4.78, 5) is 28.1. The zero-order valence-corrected chi connectivity index (χ0v) is 21.1. The van der Waals surface area contributed by atoms with Crippen LogP contribution >= 0.6 is 0 Å². The molecule has 0 spiro atoms. The van der Waals surface area contributed by atoms with Crippen molar-refractivity contribution in [1.82, 2.24) is 4.90 Å². The number of benzene rings is 3. The summed E-state index contributed by atoms with van der Waals surface area (Å²) in [6, 6.07) is 19.8. The van der Waals surface area contributed by atoms with Gasteiger partial charge in [-0.3, -0.25) is 13.9 Å². The maximum atomic E-state index is 13.7. The standard InChI is InChI=1S/C27H29N3O5S/c1-20-13-15-21(16-14-20)36(33,34)30(24-11-5-6-12-25(24)35-2)19-26(31)28-23-10-4-3-9-22(23)27(32)29-17-7-8-18-29/h3-6,9-16H,7-8,17-19H2,1-2H3,(H,28,31). The quantitative estimate of drug-likeness (QED) is 0.496. The first-order valence-electron chi connectivity index (χ1n) is 11.7. The molecule has 0 saturated carbocycles. The Balaban J connectivity index is 1.66. The Kier molecular flexibility index (Phi) is 7.59. The van der Waals surface area contributed by atoms with Gasteiger partial charge in [0.15, 0.2) is 0 Å². The molecule has 9 heteroatoms. The molecule has 1 N–H and O–H groups in total. The molecule has 8 nitrogen and oxygen atoms in total. The van der Waals surface area contributed by atoms with E-state index in [-0.39, 0.29) is 16.5 Å². The molecular weight excluding hydrogens is 478 g/mol. The van der Waals surface area contributed by atoms with E-state index >= 15 is 0 Å². The molecule has 1 aliphatic rings. The van der Waals surface area contributed by atoms with Gasteiger partial charge in [0.25, 0.3) is 15.9 Å². The number of para-hydroxylation sites is 3. The van der Waals surface area contributed by atoms with Crippen LogP contribution in [-0.4, -0.2) is 51.9 Å². The van der Waals surface area contributed by atoms with Gasteiger partial charge in [0, 0.05) is 13.1 Å². The number of aryl methyl sites for hydroxylation is 1. The second kappa shape index (κ2) is 10.8. The lowest BCUT2D eigenvalue weighted by atomic mass is 10.1. The van der Waals surface area contributed by atoms with Crippen molar-refractivity contribution >= 4 is 33.2 Å². The second-order valence-corrected chi connectivity index (χ2v) is 10.5. The zero-order chi connectivity index (χ0) is 25.7. The number of likely N-dealkylation sites (tertiary alicyclic amines) is 1. The van der Waals surface area contributed by atoms with Crippen molar-refractivity contribution in [3.05, 3.63) is 83.9 Å². The van der Waals surface area contributed by atoms with E-state index in [0.29, 0.717) is 30.1 Å². The van der Waals surface area contributed by atoms with E-state index in [1.165, 1.54) is 19.2 Å². The topological polar surface area (TPSA) is 96.0 Å². The van der Waals surface area contributed by atoms with Crippen molar-refractivity contribution in [2.75, 3.05) is 36.4 Å². The minimum Gasteiger partial charge on any atom is -0.495 e. The number of rotatable bonds is 8. The molecule has 2 amide bonds. The predicted molar refractivity (Wildman–Crippen MR) is 139 cm³/mol. The van der Waals surface area contributed by atoms with Crippen molar-refractivity contribution in [2.45, 2.75) is 24.7 Å². The highest BCUT2D eigenvalue weighted by molar-refractivity contribution is 7.92. The molecule has 1 aliphatic heterocycles. The number of amides is 2. The predicted octanol–water partition coefficient (Wildman–Crippen LogP) is 4.07. The Morgan fingerprint density at radius 2 is 1.58 bits per heavy atom. The number of sulfonamides is 1. The molecule has 3 aromatic carbocycles. The van der Waals surface area contributed by atoms with Crippen LogP contribution in [0.4, 0.5) is 11.4 Å². The number of methoxy groups -OCH3 is 1. The van der Waals surface area contributed by atoms with Gasteiger partial charge in [0.1, 0.15) is 12.3 Å². The molecule has 1 heterocycles. The van der Waals surface area contributed by atoms with Crippen LogP contribution in [0.15, 0.2) is 77.7 Å². The summed E-state index contributed by atoms with van der Waals surface area (Å²) < 4.78 is 33.8. The molecule has 0 unspecified atom stereocenters. The summed E-state index contributed by atoms with van der Waals surface area (Å²) in [5, 5.41) is 2.75. The van der Waals surface area contributed by atoms with Gasteiger partial charge in [-0.05, 0) is 56.2 Å². The van der Waals surface area contributed by atoms with Crippen molar-refractivity contribution in [3.63, 3.8) is 0 Å². The first-order valence-corrected chi connectivity index (χ1v) is 13.2. The third-order valence-electron chi connectivity index (χ3n) is 6.07. The van der Waals surface area contributed by atoms with Crippen LogP contribution in [0.25, 0.3) is 0 Å². The van der Waals surface area contributed by atoms with E-state index in [0.717, 1.165) is 22.7 Å². The van der Waals surface area contributed by atoms with E-state index in [9.17, 15) is 18.0 Å². The lowest BCUT2D eigenvalue weighted by molar-refractivity contribution is -0.114. The van der Waals surface area contributed by atoms with E-state index in [2.05, 4.69) is 5.32 Å². The summed E-state index contributed by atoms with van der Waals surface area (Å²) >= 11 is 0. The van der Waals surface area contributed by atoms with Gasteiger partial charge in [0.05, 0.1) is 28.9 Å². The Hall–Kier alpha value is -3.85. The summed E-state index contributed by atoms with van der Waals surface area (Å²) in [6.45, 7) is 2.71. The number of nitrogens with one attached hydrogen (secondary N) is 1. The molecule has 0 atom stereocenters. The molecule has 1 saturated heterocycles. The number of hydrogen-bond donors (Lipinski definition) is 1. The smallest absolute Gasteiger partial charge is 0.264 e. The van der Waals surface area contributed by atoms with Crippen molar-refractivity contribution < 1.29 is 22.7 Å². The van der Waals surface area contributed by atoms with E-state index in [4.69, 9.17) is 4.74 Å². The van der Waals surface area contributed by atoms with Crippen LogP contribution in [0.3, 0.4) is 0 Å². The molecule has 0 bridgehead atoms. The number of ether oxygens (including phenoxy) is 1. The fraction of sp³-hybridized carbons (Fsp3) is 0.259. The summed E-state index contributed by atoms with van der Waals surface area (Å²) in [5.41, 5.74) is 1.86. The van der Waals surface area contributed by atoms with Gasteiger partial charge in [-0.2, -0.15) is 0 Å². The van der Waals surface area contributed by atoms with Crippen LogP contribution < -0.4 is 14.4 Å². The lowest BCUT2D eigenvalue weighted by Crippen LogP contribution is -2.38. The zero-order valence-electron chi connectivity index (χ0n) is 20.3. The normalized spacial score (nSPS) is 13.3. The Labute approximate surface area is 211 Å². The van der Waals surface area contributed by atoms with Gasteiger partial charge in [-0.15, -0.1) is 0 Å². The molecular formula is C27H29N3O5S. The van der Waals surface area contributed by atoms with Gasteiger partial charge < -0.3 is 15.0 Å². The molecule has 0 aliphatic carbocycles. The minimum absolute atomic E-state index is 0.0522. The van der Waals surface area contributed by atoms with Crippen molar-refractivity contribution in [3.8, 4) is 5.75 Å². The largest absolute Gasteiger partial charge is 0.495 e. The van der Waals surface area contributed by atoms with Gasteiger partial charge in [-0.1, -0.05) is 42.0 Å². The molecule has 1 fully saturated rings. The number of hydrogen-bond acceptors (Lipinski definition) is 5. The molecule has 4 rings (SSSR count). The first kappa shape index (κ1) is 25.2. The van der Waals surface area contributed by atoms with Gasteiger partial charge in [0.2, 0.25) is 5.91 Å². The van der Waals surface area contributed by atoms with Crippen LogP contribution in [0.1, 0.15) is 28.8 Å². The molecule has 36 heavy (non-hydrogen) atoms. The fourth-order valence-electron chi connectivity index (χ4n) is 4.16. The Bertz CT molecular complexity index is 1350. The maximum absolute atomic E-state index is 13.7. The number of carbonyl (C=O) groups excluding carboxylic acids is 2. The summed E-state index contributed by atoms with van der Waals surface area (Å²) in [5.74, 6) is -0.430. The van der Waals surface area contributed by atoms with E-state index in [1.807, 2.05) is 6.92 Å². The first-order chi connectivity index (χ1) is 17.3. The average Bonchev–Trinajstić information content (AvgIpc) is 3.42. The number of carbonyl (C=O) groups is 2. The molecule has 0 aromatic heterocycles. The third kappa shape index (κ3) is 5.36. The van der Waals surface area contributed by atoms with Crippen molar-refractivity contribution in [2.24, 2.45) is 0 Å². The average molecular weight is 508 g/mol. The Morgan fingerprint density at radius 3 is 2.28 bits per heavy atom. The second-order valence-electron chi connectivity index (χ2n) is 8.59. The number of anilines is 2. The minimum atomic E-state index is -4.11. The monoisotopic (exact) mass is 507 g/mol. The molecule has 3 aromatic rings. The van der Waals surface area contributed by atoms with Gasteiger partial charge >= 0.3 is 0 Å². The van der Waals surface area contributed by atoms with E-state index < -0.39 is 22.5 Å². The highest BCUT2D eigenvalue weighted by atomic mass is 32.2. The number of nitrogens with zero attached hydrogens (tertiary/aromatic N) is 2. The SMILES string of the molecule is COc1ccccc1N(CC(=O)Nc1ccccc1C(=O)N1CCCC1)S(=O)(=O)c1ccc(C)cc1. The van der Waals surface area contributed by atoms with Crippen LogP contribution in [0.5, 0.6) is 5.75 Å². The highest BCUT2D eigenvalue weighted by Crippen LogP contribution is 2.32. The summed E-state index contributed by atoms with van der Waals surface area (Å²) in [7, 11) is -2.67. The van der Waals surface area contributed by atoms with Gasteiger partial charge in [-0.25, -0.2) is 8.42 Å². The van der Waals surface area contributed by atoms with Crippen LogP contribution in [0, 0.1) is 6.92 Å². The third-order valence-corrected chi connectivity index (χ3v) is 7.85. The van der Waals surface area contributed by atoms with Crippen molar-refractivity contribution in [1.29, 1.82) is 0 Å². The fourth-order valence-corrected chi connectivity index (χ4v) is 5.59. The summed E-state index contributed by atoms with van der Waals surface area (Å²) in [6.07, 6.45) is 1.90. The maximum Gasteiger partial charge on any atom is 0.264 e.